The molecule has 0 unspecified atom stereocenters. The maximum absolute atomic E-state index is 11.5. The van der Waals surface area contributed by atoms with E-state index in [2.05, 4.69) is 5.32 Å². The van der Waals surface area contributed by atoms with Gasteiger partial charge < -0.3 is 15.8 Å². The number of guanidine groups is 1. The number of ether oxygens (including phenoxy) is 1. The van der Waals surface area contributed by atoms with Crippen LogP contribution in [0.5, 0.6) is 0 Å². The number of carbonyl (C=O) groups excluding carboxylic acids is 1. The first-order valence-electron chi connectivity index (χ1n) is 6.00. The molecule has 0 saturated carbocycles. The molecule has 0 aliphatic carbocycles. The minimum atomic E-state index is -0.280. The van der Waals surface area contributed by atoms with Gasteiger partial charge in [-0.25, -0.2) is 4.79 Å². The summed E-state index contributed by atoms with van der Waals surface area (Å²) in [6.07, 6.45) is 2.66. The van der Waals surface area contributed by atoms with Gasteiger partial charge in [-0.15, -0.1) is 0 Å². The number of esters is 1. The van der Waals surface area contributed by atoms with Gasteiger partial charge in [0.2, 0.25) is 0 Å². The highest BCUT2D eigenvalue weighted by atomic mass is 16.5. The molecule has 5 nitrogen and oxygen atoms in total. The molecule has 0 spiro atoms. The van der Waals surface area contributed by atoms with Crippen LogP contribution in [0.25, 0.3) is 0 Å². The molecular formula is C13H19N3O2. The lowest BCUT2D eigenvalue weighted by molar-refractivity contribution is 0.0498. The van der Waals surface area contributed by atoms with Crippen molar-refractivity contribution in [2.75, 3.05) is 13.2 Å². The predicted molar refractivity (Wildman–Crippen MR) is 70.5 cm³/mol. The SMILES string of the molecule is N=C(N)NCCCCCOC(=O)c1ccccc1. The zero-order valence-corrected chi connectivity index (χ0v) is 10.3. The van der Waals surface area contributed by atoms with Gasteiger partial charge in [0, 0.05) is 6.54 Å². The maximum atomic E-state index is 11.5. The molecule has 1 aromatic rings. The van der Waals surface area contributed by atoms with Crippen molar-refractivity contribution in [3.63, 3.8) is 0 Å². The van der Waals surface area contributed by atoms with Gasteiger partial charge in [-0.05, 0) is 31.4 Å². The number of nitrogens with two attached hydrogens (primary N) is 1. The third kappa shape index (κ3) is 5.89. The zero-order valence-electron chi connectivity index (χ0n) is 10.3. The molecule has 0 aliphatic heterocycles. The Balaban J connectivity index is 2.05. The van der Waals surface area contributed by atoms with E-state index in [1.807, 2.05) is 18.2 Å². The van der Waals surface area contributed by atoms with E-state index in [1.165, 1.54) is 0 Å². The van der Waals surface area contributed by atoms with Gasteiger partial charge in [0.05, 0.1) is 12.2 Å². The quantitative estimate of drug-likeness (QED) is 0.296. The fraction of sp³-hybridized carbons (Fsp3) is 0.385. The van der Waals surface area contributed by atoms with E-state index >= 15 is 0 Å². The fourth-order valence-electron chi connectivity index (χ4n) is 1.45. The molecule has 0 saturated heterocycles. The Morgan fingerprint density at radius 3 is 2.61 bits per heavy atom. The van der Waals surface area contributed by atoms with E-state index in [4.69, 9.17) is 15.9 Å². The van der Waals surface area contributed by atoms with E-state index in [-0.39, 0.29) is 11.9 Å². The number of nitrogens with one attached hydrogen (secondary N) is 2. The van der Waals surface area contributed by atoms with Crippen molar-refractivity contribution in [3.8, 4) is 0 Å². The molecule has 18 heavy (non-hydrogen) atoms. The van der Waals surface area contributed by atoms with Crippen molar-refractivity contribution in [1.29, 1.82) is 5.41 Å². The lowest BCUT2D eigenvalue weighted by atomic mass is 10.2. The van der Waals surface area contributed by atoms with E-state index < -0.39 is 0 Å². The Morgan fingerprint density at radius 1 is 1.22 bits per heavy atom. The van der Waals surface area contributed by atoms with Gasteiger partial charge in [-0.3, -0.25) is 5.41 Å². The van der Waals surface area contributed by atoms with Crippen LogP contribution in [0.1, 0.15) is 29.6 Å². The van der Waals surface area contributed by atoms with Gasteiger partial charge >= 0.3 is 5.97 Å². The van der Waals surface area contributed by atoms with Crippen molar-refractivity contribution in [2.24, 2.45) is 5.73 Å². The highest BCUT2D eigenvalue weighted by Crippen LogP contribution is 2.02. The Bertz CT molecular complexity index is 379. The summed E-state index contributed by atoms with van der Waals surface area (Å²) in [5.41, 5.74) is 5.72. The Hall–Kier alpha value is -2.04. The average Bonchev–Trinajstić information content (AvgIpc) is 2.38. The maximum Gasteiger partial charge on any atom is 0.338 e. The van der Waals surface area contributed by atoms with Crippen LogP contribution in [0.15, 0.2) is 30.3 Å². The van der Waals surface area contributed by atoms with Crippen molar-refractivity contribution < 1.29 is 9.53 Å². The van der Waals surface area contributed by atoms with Gasteiger partial charge in [-0.1, -0.05) is 18.2 Å². The van der Waals surface area contributed by atoms with Crippen LogP contribution in [-0.4, -0.2) is 25.1 Å². The molecule has 0 radical (unpaired) electrons. The van der Waals surface area contributed by atoms with E-state index in [0.29, 0.717) is 18.7 Å². The molecule has 4 N–H and O–H groups in total. The molecule has 1 rings (SSSR count). The standard InChI is InChI=1S/C13H19N3O2/c14-13(15)16-9-5-2-6-10-18-12(17)11-7-3-1-4-8-11/h1,3-4,7-8H,2,5-6,9-10H2,(H4,14,15,16). The van der Waals surface area contributed by atoms with E-state index in [0.717, 1.165) is 19.3 Å². The third-order valence-electron chi connectivity index (χ3n) is 2.38. The monoisotopic (exact) mass is 249 g/mol. The molecule has 0 heterocycles. The number of benzene rings is 1. The third-order valence-corrected chi connectivity index (χ3v) is 2.38. The molecule has 1 aromatic carbocycles. The molecule has 5 heteroatoms. The first kappa shape index (κ1) is 14.0. The van der Waals surface area contributed by atoms with Crippen LogP contribution in [-0.2, 0) is 4.74 Å². The van der Waals surface area contributed by atoms with Crippen LogP contribution in [0.4, 0.5) is 0 Å². The average molecular weight is 249 g/mol. The molecule has 0 atom stereocenters. The van der Waals surface area contributed by atoms with Crippen LogP contribution in [0, 0.1) is 5.41 Å². The number of hydrogen-bond acceptors (Lipinski definition) is 3. The summed E-state index contributed by atoms with van der Waals surface area (Å²) >= 11 is 0. The molecular weight excluding hydrogens is 230 g/mol. The highest BCUT2D eigenvalue weighted by Gasteiger charge is 2.04. The normalized spacial score (nSPS) is 9.78. The Kier molecular flexibility index (Phi) is 6.32. The van der Waals surface area contributed by atoms with Crippen molar-refractivity contribution in [1.82, 2.24) is 5.32 Å². The summed E-state index contributed by atoms with van der Waals surface area (Å²) in [5, 5.41) is 9.68. The molecule has 0 aromatic heterocycles. The summed E-state index contributed by atoms with van der Waals surface area (Å²) in [4.78, 5) is 11.5. The Morgan fingerprint density at radius 2 is 1.94 bits per heavy atom. The fourth-order valence-corrected chi connectivity index (χ4v) is 1.45. The van der Waals surface area contributed by atoms with Gasteiger partial charge in [0.15, 0.2) is 5.96 Å². The highest BCUT2D eigenvalue weighted by molar-refractivity contribution is 5.89. The molecule has 0 fully saturated rings. The van der Waals surface area contributed by atoms with Crippen molar-refractivity contribution in [3.05, 3.63) is 35.9 Å². The summed E-state index contributed by atoms with van der Waals surface area (Å²) < 4.78 is 5.13. The Labute approximate surface area is 107 Å². The zero-order chi connectivity index (χ0) is 13.2. The molecule has 0 aliphatic rings. The van der Waals surface area contributed by atoms with Gasteiger partial charge in [0.1, 0.15) is 0 Å². The second-order valence-electron chi connectivity index (χ2n) is 3.90. The van der Waals surface area contributed by atoms with Crippen LogP contribution >= 0.6 is 0 Å². The topological polar surface area (TPSA) is 88.2 Å². The van der Waals surface area contributed by atoms with E-state index in [1.54, 1.807) is 12.1 Å². The second-order valence-corrected chi connectivity index (χ2v) is 3.90. The smallest absolute Gasteiger partial charge is 0.338 e. The summed E-state index contributed by atoms with van der Waals surface area (Å²) in [6, 6.07) is 8.95. The van der Waals surface area contributed by atoms with Gasteiger partial charge in [0.25, 0.3) is 0 Å². The number of rotatable bonds is 7. The summed E-state index contributed by atoms with van der Waals surface area (Å²) in [5.74, 6) is -0.289. The largest absolute Gasteiger partial charge is 0.462 e. The van der Waals surface area contributed by atoms with Crippen LogP contribution in [0.2, 0.25) is 0 Å². The van der Waals surface area contributed by atoms with Crippen molar-refractivity contribution in [2.45, 2.75) is 19.3 Å². The first-order valence-corrected chi connectivity index (χ1v) is 6.00. The lowest BCUT2D eigenvalue weighted by Crippen LogP contribution is -2.30. The first-order chi connectivity index (χ1) is 8.70. The lowest BCUT2D eigenvalue weighted by Gasteiger charge is -2.05. The van der Waals surface area contributed by atoms with Crippen LogP contribution in [0.3, 0.4) is 0 Å². The molecule has 98 valence electrons. The minimum absolute atomic E-state index is 0.00879. The van der Waals surface area contributed by atoms with Gasteiger partial charge in [-0.2, -0.15) is 0 Å². The second kappa shape index (κ2) is 8.11. The number of hydrogen-bond donors (Lipinski definition) is 3. The summed E-state index contributed by atoms with van der Waals surface area (Å²) in [6.45, 7) is 1.11. The minimum Gasteiger partial charge on any atom is -0.462 e. The van der Waals surface area contributed by atoms with E-state index in [9.17, 15) is 4.79 Å². The summed E-state index contributed by atoms with van der Waals surface area (Å²) in [7, 11) is 0. The predicted octanol–water partition coefficient (Wildman–Crippen LogP) is 1.50. The van der Waals surface area contributed by atoms with Crippen molar-refractivity contribution >= 4 is 11.9 Å². The molecule has 0 amide bonds. The number of carbonyl (C=O) groups is 1. The van der Waals surface area contributed by atoms with Crippen LogP contribution < -0.4 is 11.1 Å². The number of unbranched alkanes of at least 4 members (excludes halogenated alkanes) is 2. The molecule has 0 bridgehead atoms.